The number of phenolic OH excluding ortho intramolecular Hbond substituents is 2. The van der Waals surface area contributed by atoms with Crippen LogP contribution < -0.4 is 10.6 Å². The zero-order chi connectivity index (χ0) is 22.0. The van der Waals surface area contributed by atoms with Crippen LogP contribution in [0.5, 0.6) is 11.5 Å². The third kappa shape index (κ3) is 4.07. The fraction of sp³-hybridized carbons (Fsp3) is 0.300. The summed E-state index contributed by atoms with van der Waals surface area (Å²) in [6, 6.07) is 5.57. The van der Waals surface area contributed by atoms with Gasteiger partial charge in [-0.3, -0.25) is 9.59 Å². The Morgan fingerprint density at radius 2 is 1.07 bits per heavy atom. The number of nitrogens with zero attached hydrogens (tertiary/aromatic N) is 2. The minimum absolute atomic E-state index is 0.0661. The van der Waals surface area contributed by atoms with Gasteiger partial charge in [-0.05, 0) is 24.3 Å². The molecule has 0 spiro atoms. The second kappa shape index (κ2) is 8.67. The number of aromatic hydroxyl groups is 2. The van der Waals surface area contributed by atoms with Gasteiger partial charge in [0.2, 0.25) is 11.6 Å². The monoisotopic (exact) mass is 416 g/mol. The normalized spacial score (nSPS) is 12.9. The third-order valence-electron chi connectivity index (χ3n) is 4.78. The lowest BCUT2D eigenvalue weighted by Crippen LogP contribution is -2.27. The van der Waals surface area contributed by atoms with Crippen LogP contribution in [0.25, 0.3) is 0 Å². The first kappa shape index (κ1) is 21.5. The van der Waals surface area contributed by atoms with Crippen LogP contribution in [0.2, 0.25) is 0 Å². The van der Waals surface area contributed by atoms with Crippen LogP contribution in [-0.4, -0.2) is 82.6 Å². The number of benzene rings is 2. The number of likely N-dealkylation sites (N-methyl/N-ethyl adjacent to an activating group) is 2. The van der Waals surface area contributed by atoms with Crippen molar-refractivity contribution in [1.29, 1.82) is 0 Å². The molecule has 0 heterocycles. The molecule has 0 fully saturated rings. The zero-order valence-corrected chi connectivity index (χ0v) is 16.6. The molecule has 0 aromatic heterocycles. The average molecular weight is 416 g/mol. The standard InChI is InChI=1S/C20H24N4O6/c1-23(29)9-7-21-11-3-4-12(22-8-10-24(2)30)16-15(11)19(27)17-13(25)5-6-14(26)18(17)20(16)28/h3-6,21-22,25-26,29-30H,7-10H2,1-2H3. The summed E-state index contributed by atoms with van der Waals surface area (Å²) in [5.74, 6) is -1.99. The van der Waals surface area contributed by atoms with Gasteiger partial charge in [0.05, 0.1) is 22.3 Å². The number of hydrogen-bond acceptors (Lipinski definition) is 10. The molecule has 2 aromatic rings. The van der Waals surface area contributed by atoms with Crippen LogP contribution >= 0.6 is 0 Å². The van der Waals surface area contributed by atoms with Crippen LogP contribution in [-0.2, 0) is 0 Å². The topological polar surface area (TPSA) is 146 Å². The van der Waals surface area contributed by atoms with Gasteiger partial charge in [-0.25, -0.2) is 0 Å². The molecule has 0 saturated carbocycles. The van der Waals surface area contributed by atoms with E-state index >= 15 is 0 Å². The minimum Gasteiger partial charge on any atom is -0.507 e. The minimum atomic E-state index is -0.601. The second-order valence-electron chi connectivity index (χ2n) is 7.04. The van der Waals surface area contributed by atoms with Crippen molar-refractivity contribution in [2.24, 2.45) is 0 Å². The highest BCUT2D eigenvalue weighted by molar-refractivity contribution is 6.33. The number of anilines is 2. The number of carbonyl (C=O) groups excluding carboxylic acids is 2. The predicted molar refractivity (Wildman–Crippen MR) is 109 cm³/mol. The molecule has 0 aliphatic heterocycles. The summed E-state index contributed by atoms with van der Waals surface area (Å²) in [5.41, 5.74) is 0.365. The molecule has 0 amide bonds. The summed E-state index contributed by atoms with van der Waals surface area (Å²) >= 11 is 0. The summed E-state index contributed by atoms with van der Waals surface area (Å²) in [7, 11) is 2.96. The van der Waals surface area contributed by atoms with Crippen LogP contribution in [0.4, 0.5) is 11.4 Å². The Hall–Kier alpha value is -3.18. The van der Waals surface area contributed by atoms with E-state index in [1.165, 1.54) is 14.1 Å². The maximum Gasteiger partial charge on any atom is 0.200 e. The molecule has 6 N–H and O–H groups in total. The molecule has 10 heteroatoms. The molecule has 2 aromatic carbocycles. The number of ketones is 2. The van der Waals surface area contributed by atoms with Crippen molar-refractivity contribution < 1.29 is 30.2 Å². The Morgan fingerprint density at radius 3 is 1.40 bits per heavy atom. The average Bonchev–Trinajstić information content (AvgIpc) is 2.67. The van der Waals surface area contributed by atoms with E-state index in [9.17, 15) is 30.2 Å². The summed E-state index contributed by atoms with van der Waals surface area (Å²) < 4.78 is 0. The van der Waals surface area contributed by atoms with E-state index in [2.05, 4.69) is 10.6 Å². The molecule has 0 unspecified atom stereocenters. The highest BCUT2D eigenvalue weighted by atomic mass is 16.5. The number of hydroxylamine groups is 4. The molecular formula is C20H24N4O6. The Balaban J connectivity index is 2.11. The number of hydrogen-bond donors (Lipinski definition) is 6. The first-order valence-electron chi connectivity index (χ1n) is 9.31. The van der Waals surface area contributed by atoms with Crippen molar-refractivity contribution in [3.05, 3.63) is 46.5 Å². The smallest absolute Gasteiger partial charge is 0.200 e. The maximum atomic E-state index is 13.3. The first-order valence-corrected chi connectivity index (χ1v) is 9.31. The van der Waals surface area contributed by atoms with Gasteiger partial charge in [-0.1, -0.05) is 0 Å². The van der Waals surface area contributed by atoms with Crippen LogP contribution in [0, 0.1) is 0 Å². The van der Waals surface area contributed by atoms with Gasteiger partial charge in [0.1, 0.15) is 11.5 Å². The van der Waals surface area contributed by atoms with Gasteiger partial charge in [-0.2, -0.15) is 10.1 Å². The Labute approximate surface area is 172 Å². The van der Waals surface area contributed by atoms with E-state index in [4.69, 9.17) is 0 Å². The van der Waals surface area contributed by atoms with E-state index in [1.54, 1.807) is 12.1 Å². The fourth-order valence-corrected chi connectivity index (χ4v) is 3.36. The maximum absolute atomic E-state index is 13.3. The molecule has 0 radical (unpaired) electrons. The molecule has 0 atom stereocenters. The van der Waals surface area contributed by atoms with Crippen molar-refractivity contribution in [3.8, 4) is 11.5 Å². The Morgan fingerprint density at radius 1 is 0.700 bits per heavy atom. The zero-order valence-electron chi connectivity index (χ0n) is 16.6. The van der Waals surface area contributed by atoms with Crippen LogP contribution in [0.1, 0.15) is 31.8 Å². The van der Waals surface area contributed by atoms with E-state index < -0.39 is 23.1 Å². The van der Waals surface area contributed by atoms with Gasteiger partial charge in [0.15, 0.2) is 0 Å². The van der Waals surface area contributed by atoms with Crippen molar-refractivity contribution in [3.63, 3.8) is 0 Å². The van der Waals surface area contributed by atoms with Crippen molar-refractivity contribution in [2.75, 3.05) is 50.9 Å². The van der Waals surface area contributed by atoms with Gasteiger partial charge < -0.3 is 31.3 Å². The molecule has 30 heavy (non-hydrogen) atoms. The lowest BCUT2D eigenvalue weighted by Gasteiger charge is -2.25. The summed E-state index contributed by atoms with van der Waals surface area (Å²) in [5, 5.41) is 47.1. The molecular weight excluding hydrogens is 392 g/mol. The summed E-state index contributed by atoms with van der Waals surface area (Å²) in [6.45, 7) is 1.12. The van der Waals surface area contributed by atoms with Crippen LogP contribution in [0.15, 0.2) is 24.3 Å². The molecule has 160 valence electrons. The summed E-state index contributed by atoms with van der Waals surface area (Å²) in [6.07, 6.45) is 0. The molecule has 0 saturated heterocycles. The number of phenols is 2. The van der Waals surface area contributed by atoms with E-state index in [0.29, 0.717) is 24.5 Å². The lowest BCUT2D eigenvalue weighted by molar-refractivity contribution is -0.0609. The number of carbonyl (C=O) groups is 2. The van der Waals surface area contributed by atoms with Crippen molar-refractivity contribution in [1.82, 2.24) is 10.1 Å². The third-order valence-corrected chi connectivity index (χ3v) is 4.78. The highest BCUT2D eigenvalue weighted by Crippen LogP contribution is 2.42. The SMILES string of the molecule is CN(O)CCNc1ccc(NCCN(C)O)c2c1C(=O)c1c(O)ccc(O)c1C2=O. The van der Waals surface area contributed by atoms with Gasteiger partial charge >= 0.3 is 0 Å². The quantitative estimate of drug-likeness (QED) is 0.235. The molecule has 0 bridgehead atoms. The molecule has 3 rings (SSSR count). The first-order chi connectivity index (χ1) is 14.2. The van der Waals surface area contributed by atoms with Crippen molar-refractivity contribution >= 4 is 22.9 Å². The number of rotatable bonds is 8. The lowest BCUT2D eigenvalue weighted by atomic mass is 9.81. The molecule has 10 nitrogen and oxygen atoms in total. The van der Waals surface area contributed by atoms with E-state index in [0.717, 1.165) is 22.3 Å². The predicted octanol–water partition coefficient (Wildman–Crippen LogP) is 1.34. The summed E-state index contributed by atoms with van der Waals surface area (Å²) in [4.78, 5) is 26.6. The van der Waals surface area contributed by atoms with Gasteiger partial charge in [0.25, 0.3) is 0 Å². The van der Waals surface area contributed by atoms with Crippen molar-refractivity contribution in [2.45, 2.75) is 0 Å². The largest absolute Gasteiger partial charge is 0.507 e. The number of nitrogens with one attached hydrogen (secondary N) is 2. The molecule has 1 aliphatic carbocycles. The second-order valence-corrected chi connectivity index (χ2v) is 7.04. The van der Waals surface area contributed by atoms with Gasteiger partial charge in [0, 0.05) is 51.6 Å². The highest BCUT2D eigenvalue weighted by Gasteiger charge is 2.37. The van der Waals surface area contributed by atoms with E-state index in [-0.39, 0.29) is 35.3 Å². The van der Waals surface area contributed by atoms with Gasteiger partial charge in [-0.15, -0.1) is 0 Å². The number of fused-ring (bicyclic) bond motifs is 2. The van der Waals surface area contributed by atoms with Crippen LogP contribution in [0.3, 0.4) is 0 Å². The fourth-order valence-electron chi connectivity index (χ4n) is 3.36. The van der Waals surface area contributed by atoms with E-state index in [1.807, 2.05) is 0 Å². The molecule has 1 aliphatic rings. The Kier molecular flexibility index (Phi) is 6.22. The Bertz CT molecular complexity index is 912.